The molecule has 0 aliphatic heterocycles. The fourth-order valence-corrected chi connectivity index (χ4v) is 6.58. The quantitative estimate of drug-likeness (QED) is 0.195. The monoisotopic (exact) mass is 629 g/mol. The minimum atomic E-state index is -4.19. The van der Waals surface area contributed by atoms with Crippen LogP contribution in [0, 0.1) is 25.6 Å². The van der Waals surface area contributed by atoms with E-state index in [9.17, 15) is 22.4 Å². The number of nitrogens with zero attached hydrogens (tertiary/aromatic N) is 2. The van der Waals surface area contributed by atoms with Gasteiger partial charge in [0, 0.05) is 19.5 Å². The smallest absolute Gasteiger partial charge is 0.264 e. The number of aryl methyl sites for hydroxylation is 2. The topological polar surface area (TPSA) is 86.8 Å². The number of nitrogens with one attached hydrogen (secondary N) is 1. The number of halogens is 1. The molecule has 0 bridgehead atoms. The summed E-state index contributed by atoms with van der Waals surface area (Å²) >= 11 is 0. The summed E-state index contributed by atoms with van der Waals surface area (Å²) < 4.78 is 43.2. The van der Waals surface area contributed by atoms with Gasteiger partial charge in [-0.1, -0.05) is 92.2 Å². The molecule has 2 amide bonds. The predicted molar refractivity (Wildman–Crippen MR) is 176 cm³/mol. The van der Waals surface area contributed by atoms with Crippen LogP contribution in [0.25, 0.3) is 0 Å². The van der Waals surface area contributed by atoms with E-state index in [-0.39, 0.29) is 29.7 Å². The highest BCUT2D eigenvalue weighted by Gasteiger charge is 2.35. The van der Waals surface area contributed by atoms with E-state index in [1.807, 2.05) is 57.2 Å². The van der Waals surface area contributed by atoms with E-state index in [4.69, 9.17) is 0 Å². The average molecular weight is 630 g/mol. The highest BCUT2D eigenvalue weighted by atomic mass is 32.2. The lowest BCUT2D eigenvalue weighted by Gasteiger charge is -2.34. The van der Waals surface area contributed by atoms with Gasteiger partial charge in [-0.25, -0.2) is 12.8 Å². The van der Waals surface area contributed by atoms with Crippen LogP contribution < -0.4 is 9.62 Å². The highest BCUT2D eigenvalue weighted by molar-refractivity contribution is 7.92. The Balaban J connectivity index is 1.81. The fourth-order valence-electron chi connectivity index (χ4n) is 5.08. The molecule has 7 nitrogen and oxygen atoms in total. The molecule has 4 aromatic carbocycles. The van der Waals surface area contributed by atoms with Crippen LogP contribution in [0.4, 0.5) is 10.1 Å². The number of amides is 2. The molecule has 0 saturated carbocycles. The fraction of sp³-hybridized carbons (Fsp3) is 0.278. The summed E-state index contributed by atoms with van der Waals surface area (Å²) in [6, 6.07) is 27.4. The van der Waals surface area contributed by atoms with Gasteiger partial charge in [0.05, 0.1) is 10.6 Å². The van der Waals surface area contributed by atoms with Crippen molar-refractivity contribution in [2.45, 2.75) is 51.6 Å². The Morgan fingerprint density at radius 3 is 2.04 bits per heavy atom. The first kappa shape index (κ1) is 33.4. The van der Waals surface area contributed by atoms with Crippen molar-refractivity contribution in [2.24, 2.45) is 5.92 Å². The van der Waals surface area contributed by atoms with Gasteiger partial charge < -0.3 is 10.2 Å². The number of carbonyl (C=O) groups is 2. The third kappa shape index (κ3) is 8.79. The van der Waals surface area contributed by atoms with Crippen LogP contribution in [0.3, 0.4) is 0 Å². The summed E-state index contributed by atoms with van der Waals surface area (Å²) in [5.41, 5.74) is 3.43. The number of carbonyl (C=O) groups excluding carboxylic acids is 2. The zero-order chi connectivity index (χ0) is 32.6. The first-order valence-electron chi connectivity index (χ1n) is 15.0. The molecule has 0 fully saturated rings. The molecule has 4 aromatic rings. The number of hydrogen-bond donors (Lipinski definition) is 1. The Bertz CT molecular complexity index is 1700. The first-order valence-corrected chi connectivity index (χ1v) is 16.4. The van der Waals surface area contributed by atoms with Crippen molar-refractivity contribution in [1.29, 1.82) is 0 Å². The molecule has 0 aliphatic carbocycles. The van der Waals surface area contributed by atoms with E-state index in [1.165, 1.54) is 29.2 Å². The standard InChI is InChI=1S/C36H40FN3O4S/c1-26(2)23-38-36(42)34(22-29-11-7-5-8-12-29)39(24-30-16-18-31(37)19-17-30)35(41)25-40(33-20-15-27(3)21-28(33)4)45(43,44)32-13-9-6-10-14-32/h5-21,26,34H,22-25H2,1-4H3,(H,38,42). The predicted octanol–water partition coefficient (Wildman–Crippen LogP) is 6.05. The Kier molecular flexibility index (Phi) is 11.1. The molecule has 236 valence electrons. The van der Waals surface area contributed by atoms with Crippen molar-refractivity contribution in [3.8, 4) is 0 Å². The maximum Gasteiger partial charge on any atom is 0.264 e. The molecule has 0 aromatic heterocycles. The van der Waals surface area contributed by atoms with E-state index in [0.717, 1.165) is 15.4 Å². The third-order valence-electron chi connectivity index (χ3n) is 7.45. The number of hydrogen-bond acceptors (Lipinski definition) is 4. The SMILES string of the molecule is Cc1ccc(N(CC(=O)N(Cc2ccc(F)cc2)C(Cc2ccccc2)C(=O)NCC(C)C)S(=O)(=O)c2ccccc2)c(C)c1. The van der Waals surface area contributed by atoms with Gasteiger partial charge in [0.25, 0.3) is 10.0 Å². The summed E-state index contributed by atoms with van der Waals surface area (Å²) in [5.74, 6) is -1.18. The summed E-state index contributed by atoms with van der Waals surface area (Å²) in [7, 11) is -4.19. The van der Waals surface area contributed by atoms with Crippen LogP contribution in [0.1, 0.15) is 36.1 Å². The van der Waals surface area contributed by atoms with Crippen LogP contribution in [-0.2, 0) is 32.6 Å². The molecule has 4 rings (SSSR count). The first-order chi connectivity index (χ1) is 21.5. The average Bonchev–Trinajstić information content (AvgIpc) is 3.02. The lowest BCUT2D eigenvalue weighted by Crippen LogP contribution is -2.53. The maximum absolute atomic E-state index is 14.5. The Labute approximate surface area is 265 Å². The molecular formula is C36H40FN3O4S. The van der Waals surface area contributed by atoms with Gasteiger partial charge in [0.1, 0.15) is 18.4 Å². The van der Waals surface area contributed by atoms with Crippen LogP contribution >= 0.6 is 0 Å². The molecule has 0 saturated heterocycles. The number of sulfonamides is 1. The maximum atomic E-state index is 14.5. The molecular weight excluding hydrogens is 589 g/mol. The van der Waals surface area contributed by atoms with Crippen LogP contribution in [0.15, 0.2) is 108 Å². The van der Waals surface area contributed by atoms with Crippen molar-refractivity contribution in [3.63, 3.8) is 0 Å². The molecule has 0 radical (unpaired) electrons. The second-order valence-corrected chi connectivity index (χ2v) is 13.5. The number of benzene rings is 4. The lowest BCUT2D eigenvalue weighted by atomic mass is 10.0. The molecule has 0 aliphatic rings. The summed E-state index contributed by atoms with van der Waals surface area (Å²) in [6.45, 7) is 7.48. The molecule has 1 N–H and O–H groups in total. The van der Waals surface area contributed by atoms with Crippen LogP contribution in [0.5, 0.6) is 0 Å². The van der Waals surface area contributed by atoms with E-state index in [0.29, 0.717) is 23.4 Å². The van der Waals surface area contributed by atoms with Crippen molar-refractivity contribution in [1.82, 2.24) is 10.2 Å². The van der Waals surface area contributed by atoms with Gasteiger partial charge in [-0.2, -0.15) is 0 Å². The molecule has 1 atom stereocenters. The Hall–Kier alpha value is -4.50. The van der Waals surface area contributed by atoms with Crippen molar-refractivity contribution in [2.75, 3.05) is 17.4 Å². The van der Waals surface area contributed by atoms with E-state index < -0.39 is 34.3 Å². The zero-order valence-electron chi connectivity index (χ0n) is 26.1. The minimum Gasteiger partial charge on any atom is -0.354 e. The number of rotatable bonds is 13. The van der Waals surface area contributed by atoms with Crippen molar-refractivity contribution < 1.29 is 22.4 Å². The second kappa shape index (κ2) is 15.0. The largest absolute Gasteiger partial charge is 0.354 e. The Morgan fingerprint density at radius 2 is 1.44 bits per heavy atom. The second-order valence-electron chi connectivity index (χ2n) is 11.6. The lowest BCUT2D eigenvalue weighted by molar-refractivity contribution is -0.140. The zero-order valence-corrected chi connectivity index (χ0v) is 26.9. The van der Waals surface area contributed by atoms with Crippen LogP contribution in [0.2, 0.25) is 0 Å². The van der Waals surface area contributed by atoms with E-state index in [1.54, 1.807) is 49.4 Å². The van der Waals surface area contributed by atoms with E-state index >= 15 is 0 Å². The molecule has 0 spiro atoms. The molecule has 1 unspecified atom stereocenters. The summed E-state index contributed by atoms with van der Waals surface area (Å²) in [4.78, 5) is 29.8. The third-order valence-corrected chi connectivity index (χ3v) is 9.23. The van der Waals surface area contributed by atoms with Crippen molar-refractivity contribution >= 4 is 27.5 Å². The molecule has 9 heteroatoms. The van der Waals surface area contributed by atoms with Crippen LogP contribution in [-0.4, -0.2) is 44.3 Å². The normalized spacial score (nSPS) is 12.0. The van der Waals surface area contributed by atoms with Gasteiger partial charge in [0.2, 0.25) is 11.8 Å². The van der Waals surface area contributed by atoms with Crippen molar-refractivity contribution in [3.05, 3.63) is 131 Å². The summed E-state index contributed by atoms with van der Waals surface area (Å²) in [5, 5.41) is 2.96. The van der Waals surface area contributed by atoms with E-state index in [2.05, 4.69) is 5.32 Å². The van der Waals surface area contributed by atoms with Gasteiger partial charge in [-0.3, -0.25) is 13.9 Å². The summed E-state index contributed by atoms with van der Waals surface area (Å²) in [6.07, 6.45) is 0.201. The Morgan fingerprint density at radius 1 is 0.822 bits per heavy atom. The van der Waals surface area contributed by atoms with Gasteiger partial charge >= 0.3 is 0 Å². The minimum absolute atomic E-state index is 0.0299. The number of anilines is 1. The van der Waals surface area contributed by atoms with Gasteiger partial charge in [-0.05, 0) is 66.8 Å². The molecule has 0 heterocycles. The van der Waals surface area contributed by atoms with Gasteiger partial charge in [-0.15, -0.1) is 0 Å². The highest BCUT2D eigenvalue weighted by Crippen LogP contribution is 2.28. The molecule has 45 heavy (non-hydrogen) atoms. The van der Waals surface area contributed by atoms with Gasteiger partial charge in [0.15, 0.2) is 0 Å².